The van der Waals surface area contributed by atoms with E-state index in [9.17, 15) is 0 Å². The van der Waals surface area contributed by atoms with Crippen molar-refractivity contribution in [2.75, 3.05) is 7.05 Å². The molecular weight excluding hydrogens is 290 g/mol. The van der Waals surface area contributed by atoms with E-state index in [4.69, 9.17) is 0 Å². The zero-order chi connectivity index (χ0) is 12.5. The summed E-state index contributed by atoms with van der Waals surface area (Å²) in [5.74, 6) is 0. The Labute approximate surface area is 115 Å². The van der Waals surface area contributed by atoms with Crippen LogP contribution in [0.1, 0.15) is 30.1 Å². The van der Waals surface area contributed by atoms with Crippen LogP contribution in [0.25, 0.3) is 5.69 Å². The van der Waals surface area contributed by atoms with Gasteiger partial charge in [-0.05, 0) is 50.6 Å². The first-order valence-corrected chi connectivity index (χ1v) is 7.09. The van der Waals surface area contributed by atoms with Crippen molar-refractivity contribution in [1.82, 2.24) is 15.1 Å². The van der Waals surface area contributed by atoms with E-state index in [2.05, 4.69) is 55.3 Å². The lowest BCUT2D eigenvalue weighted by molar-refractivity contribution is 0.490. The second-order valence-electron chi connectivity index (χ2n) is 4.67. The van der Waals surface area contributed by atoms with Gasteiger partial charge in [0.15, 0.2) is 0 Å². The molecule has 0 radical (unpaired) electrons. The molecule has 0 saturated heterocycles. The number of fused-ring (bicyclic) bond motifs is 1. The third-order valence-corrected chi connectivity index (χ3v) is 4.13. The van der Waals surface area contributed by atoms with Crippen molar-refractivity contribution in [2.24, 2.45) is 0 Å². The largest absolute Gasteiger partial charge is 0.313 e. The predicted octanol–water partition coefficient (Wildman–Crippen LogP) is 3.23. The Morgan fingerprint density at radius 2 is 2.11 bits per heavy atom. The van der Waals surface area contributed by atoms with Gasteiger partial charge < -0.3 is 5.32 Å². The third-order valence-electron chi connectivity index (χ3n) is 3.60. The average Bonchev–Trinajstić information content (AvgIpc) is 2.83. The molecule has 2 aromatic rings. The summed E-state index contributed by atoms with van der Waals surface area (Å²) in [5, 5.41) is 7.93. The molecule has 1 unspecified atom stereocenters. The zero-order valence-corrected chi connectivity index (χ0v) is 11.9. The SMILES string of the molecule is CNC1CCCc2c1cnn2-c1ccc(Br)cc1. The van der Waals surface area contributed by atoms with Gasteiger partial charge in [0.1, 0.15) is 0 Å². The number of hydrogen-bond acceptors (Lipinski definition) is 2. The van der Waals surface area contributed by atoms with Crippen molar-refractivity contribution in [3.8, 4) is 5.69 Å². The van der Waals surface area contributed by atoms with Crippen molar-refractivity contribution in [3.63, 3.8) is 0 Å². The minimum Gasteiger partial charge on any atom is -0.313 e. The standard InChI is InChI=1S/C14H16BrN3/c1-16-13-3-2-4-14-12(13)9-17-18(14)11-7-5-10(15)6-8-11/h5-9,13,16H,2-4H2,1H3. The van der Waals surface area contributed by atoms with Gasteiger partial charge in [-0.15, -0.1) is 0 Å². The summed E-state index contributed by atoms with van der Waals surface area (Å²) in [6.07, 6.45) is 5.55. The highest BCUT2D eigenvalue weighted by molar-refractivity contribution is 9.10. The fraction of sp³-hybridized carbons (Fsp3) is 0.357. The molecule has 18 heavy (non-hydrogen) atoms. The molecule has 1 aromatic carbocycles. The number of benzene rings is 1. The molecule has 0 fully saturated rings. The molecule has 1 aromatic heterocycles. The number of rotatable bonds is 2. The van der Waals surface area contributed by atoms with Crippen LogP contribution < -0.4 is 5.32 Å². The molecule has 0 amide bonds. The Morgan fingerprint density at radius 3 is 2.83 bits per heavy atom. The lowest BCUT2D eigenvalue weighted by Crippen LogP contribution is -2.21. The Morgan fingerprint density at radius 1 is 1.33 bits per heavy atom. The summed E-state index contributed by atoms with van der Waals surface area (Å²) in [6.45, 7) is 0. The normalized spacial score (nSPS) is 18.7. The van der Waals surface area contributed by atoms with E-state index < -0.39 is 0 Å². The van der Waals surface area contributed by atoms with Crippen LogP contribution in [0.3, 0.4) is 0 Å². The van der Waals surface area contributed by atoms with Crippen molar-refractivity contribution < 1.29 is 0 Å². The smallest absolute Gasteiger partial charge is 0.0649 e. The fourth-order valence-electron chi connectivity index (χ4n) is 2.66. The van der Waals surface area contributed by atoms with Crippen LogP contribution in [0.15, 0.2) is 34.9 Å². The van der Waals surface area contributed by atoms with E-state index >= 15 is 0 Å². The van der Waals surface area contributed by atoms with E-state index in [0.717, 1.165) is 16.6 Å². The van der Waals surface area contributed by atoms with Crippen LogP contribution >= 0.6 is 15.9 Å². The Kier molecular flexibility index (Phi) is 3.22. The van der Waals surface area contributed by atoms with E-state index in [1.807, 2.05) is 13.2 Å². The van der Waals surface area contributed by atoms with Gasteiger partial charge in [-0.1, -0.05) is 15.9 Å². The minimum atomic E-state index is 0.456. The van der Waals surface area contributed by atoms with Gasteiger partial charge in [0.2, 0.25) is 0 Å². The molecule has 1 atom stereocenters. The van der Waals surface area contributed by atoms with Gasteiger partial charge in [0, 0.05) is 21.8 Å². The molecule has 3 nitrogen and oxygen atoms in total. The number of nitrogens with one attached hydrogen (secondary N) is 1. The van der Waals surface area contributed by atoms with Crippen molar-refractivity contribution in [3.05, 3.63) is 46.2 Å². The van der Waals surface area contributed by atoms with E-state index in [1.54, 1.807) is 0 Å². The molecule has 1 N–H and O–H groups in total. The molecule has 0 bridgehead atoms. The minimum absolute atomic E-state index is 0.456. The number of hydrogen-bond donors (Lipinski definition) is 1. The molecule has 1 aliphatic rings. The molecule has 94 valence electrons. The highest BCUT2D eigenvalue weighted by Crippen LogP contribution is 2.30. The van der Waals surface area contributed by atoms with Crippen LogP contribution in [0.4, 0.5) is 0 Å². The summed E-state index contributed by atoms with van der Waals surface area (Å²) in [5.41, 5.74) is 3.84. The van der Waals surface area contributed by atoms with E-state index in [-0.39, 0.29) is 0 Å². The Bertz CT molecular complexity index is 545. The maximum atomic E-state index is 4.56. The average molecular weight is 306 g/mol. The summed E-state index contributed by atoms with van der Waals surface area (Å²) in [7, 11) is 2.02. The highest BCUT2D eigenvalue weighted by Gasteiger charge is 2.23. The summed E-state index contributed by atoms with van der Waals surface area (Å²) in [6, 6.07) is 8.77. The lowest BCUT2D eigenvalue weighted by Gasteiger charge is -2.22. The number of aromatic nitrogens is 2. The van der Waals surface area contributed by atoms with Crippen molar-refractivity contribution in [2.45, 2.75) is 25.3 Å². The number of halogens is 1. The first-order chi connectivity index (χ1) is 8.79. The highest BCUT2D eigenvalue weighted by atomic mass is 79.9. The van der Waals surface area contributed by atoms with Gasteiger partial charge >= 0.3 is 0 Å². The van der Waals surface area contributed by atoms with Gasteiger partial charge in [-0.25, -0.2) is 4.68 Å². The first kappa shape index (κ1) is 11.9. The van der Waals surface area contributed by atoms with Crippen LogP contribution in [0, 0.1) is 0 Å². The summed E-state index contributed by atoms with van der Waals surface area (Å²) in [4.78, 5) is 0. The van der Waals surface area contributed by atoms with Gasteiger partial charge in [-0.2, -0.15) is 5.10 Å². The Balaban J connectivity index is 2.04. The molecule has 4 heteroatoms. The summed E-state index contributed by atoms with van der Waals surface area (Å²) >= 11 is 3.46. The quantitative estimate of drug-likeness (QED) is 0.923. The monoisotopic (exact) mass is 305 g/mol. The zero-order valence-electron chi connectivity index (χ0n) is 10.4. The van der Waals surface area contributed by atoms with E-state index in [0.29, 0.717) is 6.04 Å². The first-order valence-electron chi connectivity index (χ1n) is 6.29. The molecule has 0 saturated carbocycles. The predicted molar refractivity (Wildman–Crippen MR) is 76.0 cm³/mol. The van der Waals surface area contributed by atoms with Gasteiger partial charge in [-0.3, -0.25) is 0 Å². The van der Waals surface area contributed by atoms with Crippen LogP contribution in [0.5, 0.6) is 0 Å². The second kappa shape index (κ2) is 4.86. The molecule has 0 aliphatic heterocycles. The number of nitrogens with zero attached hydrogens (tertiary/aromatic N) is 2. The molecule has 0 spiro atoms. The second-order valence-corrected chi connectivity index (χ2v) is 5.58. The van der Waals surface area contributed by atoms with Crippen molar-refractivity contribution in [1.29, 1.82) is 0 Å². The van der Waals surface area contributed by atoms with Crippen LogP contribution in [-0.4, -0.2) is 16.8 Å². The van der Waals surface area contributed by atoms with Crippen molar-refractivity contribution >= 4 is 15.9 Å². The molecule has 3 rings (SSSR count). The van der Waals surface area contributed by atoms with Gasteiger partial charge in [0.25, 0.3) is 0 Å². The van der Waals surface area contributed by atoms with Crippen LogP contribution in [-0.2, 0) is 6.42 Å². The van der Waals surface area contributed by atoms with E-state index in [1.165, 1.54) is 24.1 Å². The lowest BCUT2D eigenvalue weighted by atomic mass is 9.93. The van der Waals surface area contributed by atoms with Crippen LogP contribution in [0.2, 0.25) is 0 Å². The fourth-order valence-corrected chi connectivity index (χ4v) is 2.93. The maximum absolute atomic E-state index is 4.56. The summed E-state index contributed by atoms with van der Waals surface area (Å²) < 4.78 is 3.17. The maximum Gasteiger partial charge on any atom is 0.0649 e. The Hall–Kier alpha value is -1.13. The topological polar surface area (TPSA) is 29.9 Å². The third kappa shape index (κ3) is 1.99. The molecule has 1 heterocycles. The molecule has 1 aliphatic carbocycles. The molecular formula is C14H16BrN3. The van der Waals surface area contributed by atoms with Gasteiger partial charge in [0.05, 0.1) is 11.9 Å².